The number of aryl methyl sites for hydroxylation is 4. The average molecular weight is 556 g/mol. The molecule has 0 fully saturated rings. The van der Waals surface area contributed by atoms with Gasteiger partial charge in [-0.15, -0.1) is 0 Å². The van der Waals surface area contributed by atoms with Gasteiger partial charge in [-0.2, -0.15) is 5.26 Å². The third-order valence-electron chi connectivity index (χ3n) is 8.00. The number of benzene rings is 5. The molecule has 5 aromatic carbocycles. The van der Waals surface area contributed by atoms with Gasteiger partial charge in [0.25, 0.3) is 0 Å². The highest BCUT2D eigenvalue weighted by Crippen LogP contribution is 2.39. The summed E-state index contributed by atoms with van der Waals surface area (Å²) >= 11 is 0. The average Bonchev–Trinajstić information content (AvgIpc) is 3.34. The van der Waals surface area contributed by atoms with E-state index in [0.717, 1.165) is 44.2 Å². The molecule has 0 amide bonds. The van der Waals surface area contributed by atoms with Gasteiger partial charge in [0.15, 0.2) is 5.82 Å². The van der Waals surface area contributed by atoms with Gasteiger partial charge in [0, 0.05) is 16.3 Å². The summed E-state index contributed by atoms with van der Waals surface area (Å²) in [5, 5.41) is 12.1. The molecule has 0 unspecified atom stereocenters. The van der Waals surface area contributed by atoms with Crippen LogP contribution in [0.3, 0.4) is 0 Å². The lowest BCUT2D eigenvalue weighted by Gasteiger charge is -2.14. The van der Waals surface area contributed by atoms with E-state index in [-0.39, 0.29) is 0 Å². The number of hydrogen-bond acceptors (Lipinski definition) is 4. The van der Waals surface area contributed by atoms with E-state index < -0.39 is 0 Å². The maximum atomic E-state index is 9.78. The Morgan fingerprint density at radius 3 is 1.51 bits per heavy atom. The first kappa shape index (κ1) is 26.3. The number of fused-ring (bicyclic) bond motifs is 3. The summed E-state index contributed by atoms with van der Waals surface area (Å²) in [4.78, 5) is 13.8. The quantitative estimate of drug-likeness (QED) is 0.217. The van der Waals surface area contributed by atoms with Gasteiger partial charge in [-0.3, -0.25) is 0 Å². The van der Waals surface area contributed by atoms with Crippen LogP contribution >= 0.6 is 0 Å². The first-order valence-electron chi connectivity index (χ1n) is 14.3. The molecule has 0 N–H and O–H groups in total. The SMILES string of the molecule is Cc1ccc(-c2ccc3c(c2)c2cc(-c4ccc(C)cc4)ccc2n3-c2ccc(C#N)cc2-c2nc(C)nc(C)n2)cc1. The Labute approximate surface area is 250 Å². The standard InChI is InChI=1S/C38H29N5/c1-23-5-10-28(11-6-23)30-14-17-35-32(20-30)33-21-31(29-12-7-24(2)8-13-29)15-18-36(33)43(35)37-16-9-27(22-39)19-34(37)38-41-25(3)40-26(4)42-38/h5-21H,1-4H3. The summed E-state index contributed by atoms with van der Waals surface area (Å²) in [5.41, 5.74) is 11.6. The Bertz CT molecular complexity index is 2090. The Hall–Kier alpha value is -5.60. The van der Waals surface area contributed by atoms with Gasteiger partial charge in [0.2, 0.25) is 0 Å². The number of hydrogen-bond donors (Lipinski definition) is 0. The lowest BCUT2D eigenvalue weighted by molar-refractivity contribution is 0.926. The minimum Gasteiger partial charge on any atom is -0.308 e. The predicted octanol–water partition coefficient (Wildman–Crippen LogP) is 9.08. The largest absolute Gasteiger partial charge is 0.308 e. The zero-order chi connectivity index (χ0) is 29.7. The van der Waals surface area contributed by atoms with Crippen molar-refractivity contribution in [1.29, 1.82) is 5.26 Å². The van der Waals surface area contributed by atoms with Crippen molar-refractivity contribution in [1.82, 2.24) is 19.5 Å². The smallest absolute Gasteiger partial charge is 0.165 e. The van der Waals surface area contributed by atoms with Crippen LogP contribution in [0.5, 0.6) is 0 Å². The number of rotatable bonds is 4. The zero-order valence-corrected chi connectivity index (χ0v) is 24.6. The first-order chi connectivity index (χ1) is 20.9. The summed E-state index contributed by atoms with van der Waals surface area (Å²) in [7, 11) is 0. The van der Waals surface area contributed by atoms with Crippen molar-refractivity contribution >= 4 is 21.8 Å². The molecule has 0 saturated carbocycles. The number of aromatic nitrogens is 4. The molecule has 43 heavy (non-hydrogen) atoms. The maximum Gasteiger partial charge on any atom is 0.165 e. The van der Waals surface area contributed by atoms with Crippen LogP contribution in [0.2, 0.25) is 0 Å². The van der Waals surface area contributed by atoms with Crippen molar-refractivity contribution in [2.75, 3.05) is 0 Å². The van der Waals surface area contributed by atoms with Crippen LogP contribution < -0.4 is 0 Å². The van der Waals surface area contributed by atoms with Gasteiger partial charge in [-0.05, 0) is 92.4 Å². The van der Waals surface area contributed by atoms with E-state index in [9.17, 15) is 5.26 Å². The molecule has 7 aromatic rings. The van der Waals surface area contributed by atoms with Crippen molar-refractivity contribution in [3.05, 3.63) is 131 Å². The van der Waals surface area contributed by atoms with E-state index in [4.69, 9.17) is 0 Å². The molecular formula is C38H29N5. The molecule has 5 heteroatoms. The molecule has 0 aliphatic carbocycles. The van der Waals surface area contributed by atoms with Crippen molar-refractivity contribution in [3.63, 3.8) is 0 Å². The zero-order valence-electron chi connectivity index (χ0n) is 24.6. The fourth-order valence-electron chi connectivity index (χ4n) is 5.85. The van der Waals surface area contributed by atoms with E-state index in [1.165, 1.54) is 22.3 Å². The Kier molecular flexibility index (Phi) is 6.33. The lowest BCUT2D eigenvalue weighted by atomic mass is 9.99. The lowest BCUT2D eigenvalue weighted by Crippen LogP contribution is -2.03. The number of nitrogens with zero attached hydrogens (tertiary/aromatic N) is 5. The minimum absolute atomic E-state index is 0.554. The van der Waals surface area contributed by atoms with Gasteiger partial charge in [0.05, 0.1) is 28.4 Å². The summed E-state index contributed by atoms with van der Waals surface area (Å²) in [6.45, 7) is 7.95. The second kappa shape index (κ2) is 10.3. The molecule has 0 aliphatic heterocycles. The molecule has 0 saturated heterocycles. The summed E-state index contributed by atoms with van der Waals surface area (Å²) in [5.74, 6) is 1.84. The van der Waals surface area contributed by atoms with E-state index in [0.29, 0.717) is 23.0 Å². The molecule has 2 heterocycles. The molecular weight excluding hydrogens is 526 g/mol. The van der Waals surface area contributed by atoms with E-state index in [2.05, 4.69) is 124 Å². The first-order valence-corrected chi connectivity index (χ1v) is 14.3. The molecule has 0 aliphatic rings. The van der Waals surface area contributed by atoms with Crippen LogP contribution in [-0.2, 0) is 0 Å². The molecule has 206 valence electrons. The molecule has 2 aromatic heterocycles. The van der Waals surface area contributed by atoms with Crippen molar-refractivity contribution in [3.8, 4) is 45.4 Å². The second-order valence-corrected chi connectivity index (χ2v) is 11.1. The third-order valence-corrected chi connectivity index (χ3v) is 8.00. The maximum absolute atomic E-state index is 9.78. The molecule has 0 spiro atoms. The third kappa shape index (κ3) is 4.73. The van der Waals surface area contributed by atoms with Gasteiger partial charge >= 0.3 is 0 Å². The Morgan fingerprint density at radius 2 is 1.02 bits per heavy atom. The number of nitriles is 1. The van der Waals surface area contributed by atoms with Crippen LogP contribution in [-0.4, -0.2) is 19.5 Å². The van der Waals surface area contributed by atoms with Gasteiger partial charge in [0.1, 0.15) is 11.6 Å². The summed E-state index contributed by atoms with van der Waals surface area (Å²) in [6, 6.07) is 38.7. The highest BCUT2D eigenvalue weighted by molar-refractivity contribution is 6.12. The normalized spacial score (nSPS) is 11.2. The summed E-state index contributed by atoms with van der Waals surface area (Å²) in [6.07, 6.45) is 0. The van der Waals surface area contributed by atoms with Crippen molar-refractivity contribution in [2.24, 2.45) is 0 Å². The highest BCUT2D eigenvalue weighted by atomic mass is 15.0. The Morgan fingerprint density at radius 1 is 0.535 bits per heavy atom. The predicted molar refractivity (Wildman–Crippen MR) is 174 cm³/mol. The molecule has 0 atom stereocenters. The van der Waals surface area contributed by atoms with Crippen LogP contribution in [0.25, 0.3) is 61.1 Å². The van der Waals surface area contributed by atoms with Crippen LogP contribution in [0, 0.1) is 39.0 Å². The van der Waals surface area contributed by atoms with E-state index in [1.54, 1.807) is 0 Å². The minimum atomic E-state index is 0.554. The molecule has 0 radical (unpaired) electrons. The van der Waals surface area contributed by atoms with Crippen LogP contribution in [0.4, 0.5) is 0 Å². The topological polar surface area (TPSA) is 67.4 Å². The fraction of sp³-hybridized carbons (Fsp3) is 0.105. The van der Waals surface area contributed by atoms with Gasteiger partial charge in [-0.1, -0.05) is 71.8 Å². The second-order valence-electron chi connectivity index (χ2n) is 11.1. The van der Waals surface area contributed by atoms with Crippen LogP contribution in [0.15, 0.2) is 103 Å². The van der Waals surface area contributed by atoms with E-state index in [1.807, 2.05) is 32.0 Å². The molecule has 7 rings (SSSR count). The molecule has 0 bridgehead atoms. The fourth-order valence-corrected chi connectivity index (χ4v) is 5.85. The van der Waals surface area contributed by atoms with Crippen molar-refractivity contribution < 1.29 is 0 Å². The van der Waals surface area contributed by atoms with E-state index >= 15 is 0 Å². The Balaban J connectivity index is 1.54. The van der Waals surface area contributed by atoms with Gasteiger partial charge < -0.3 is 4.57 Å². The van der Waals surface area contributed by atoms with Gasteiger partial charge in [-0.25, -0.2) is 15.0 Å². The monoisotopic (exact) mass is 555 g/mol. The van der Waals surface area contributed by atoms with Crippen LogP contribution in [0.1, 0.15) is 28.3 Å². The van der Waals surface area contributed by atoms with Crippen molar-refractivity contribution in [2.45, 2.75) is 27.7 Å². The highest BCUT2D eigenvalue weighted by Gasteiger charge is 2.19. The molecule has 5 nitrogen and oxygen atoms in total. The summed E-state index contributed by atoms with van der Waals surface area (Å²) < 4.78 is 2.27.